The number of hydrogen-bond donors (Lipinski definition) is 0. The molecule has 1 saturated heterocycles. The van der Waals surface area contributed by atoms with Gasteiger partial charge in [0, 0.05) is 12.6 Å². The lowest BCUT2D eigenvalue weighted by molar-refractivity contribution is 0.0629. The first-order valence-corrected chi connectivity index (χ1v) is 5.86. The monoisotopic (exact) mass is 239 g/mol. The number of nitrogens with zero attached hydrogens (tertiary/aromatic N) is 1. The molecule has 1 heterocycles. The highest BCUT2D eigenvalue weighted by Gasteiger charge is 2.26. The van der Waals surface area contributed by atoms with Gasteiger partial charge in [0.15, 0.2) is 11.6 Å². The maximum absolute atomic E-state index is 13.5. The zero-order valence-corrected chi connectivity index (χ0v) is 9.75. The van der Waals surface area contributed by atoms with Crippen LogP contribution < -0.4 is 0 Å². The highest BCUT2D eigenvalue weighted by Crippen LogP contribution is 2.21. The average molecular weight is 239 g/mol. The maximum atomic E-state index is 13.5. The summed E-state index contributed by atoms with van der Waals surface area (Å²) in [6.07, 6.45) is 2.92. The van der Waals surface area contributed by atoms with Crippen molar-refractivity contribution in [3.63, 3.8) is 0 Å². The summed E-state index contributed by atoms with van der Waals surface area (Å²) in [5.41, 5.74) is -0.168. The summed E-state index contributed by atoms with van der Waals surface area (Å²) in [5.74, 6) is -2.43. The van der Waals surface area contributed by atoms with Crippen molar-refractivity contribution in [1.82, 2.24) is 4.90 Å². The van der Waals surface area contributed by atoms with E-state index in [1.165, 1.54) is 12.1 Å². The minimum Gasteiger partial charge on any atom is -0.336 e. The second-order valence-corrected chi connectivity index (χ2v) is 4.44. The molecule has 0 aliphatic carbocycles. The molecule has 0 unspecified atom stereocenters. The second-order valence-electron chi connectivity index (χ2n) is 4.44. The molecule has 92 valence electrons. The van der Waals surface area contributed by atoms with E-state index in [1.807, 2.05) is 6.92 Å². The molecule has 1 aliphatic heterocycles. The van der Waals surface area contributed by atoms with Crippen LogP contribution in [0.15, 0.2) is 18.2 Å². The fourth-order valence-electron chi connectivity index (χ4n) is 2.22. The van der Waals surface area contributed by atoms with Crippen molar-refractivity contribution in [2.45, 2.75) is 32.2 Å². The van der Waals surface area contributed by atoms with Crippen molar-refractivity contribution in [2.24, 2.45) is 0 Å². The van der Waals surface area contributed by atoms with Crippen LogP contribution in [0.3, 0.4) is 0 Å². The summed E-state index contributed by atoms with van der Waals surface area (Å²) < 4.78 is 26.6. The first kappa shape index (κ1) is 12.0. The SMILES string of the molecule is C[C@@H]1CCCCN1C(=O)c1cccc(F)c1F. The number of halogens is 2. The summed E-state index contributed by atoms with van der Waals surface area (Å²) in [7, 11) is 0. The van der Waals surface area contributed by atoms with Crippen LogP contribution in [0.4, 0.5) is 8.78 Å². The molecular weight excluding hydrogens is 224 g/mol. The Hall–Kier alpha value is -1.45. The van der Waals surface area contributed by atoms with Crippen LogP contribution in [0.25, 0.3) is 0 Å². The summed E-state index contributed by atoms with van der Waals surface area (Å²) >= 11 is 0. The number of benzene rings is 1. The van der Waals surface area contributed by atoms with Crippen LogP contribution in [-0.4, -0.2) is 23.4 Å². The molecule has 1 aromatic carbocycles. The number of carbonyl (C=O) groups excluding carboxylic acids is 1. The molecule has 17 heavy (non-hydrogen) atoms. The van der Waals surface area contributed by atoms with E-state index in [4.69, 9.17) is 0 Å². The number of hydrogen-bond acceptors (Lipinski definition) is 1. The van der Waals surface area contributed by atoms with Crippen molar-refractivity contribution in [3.8, 4) is 0 Å². The van der Waals surface area contributed by atoms with Gasteiger partial charge in [0.1, 0.15) is 0 Å². The quantitative estimate of drug-likeness (QED) is 0.737. The van der Waals surface area contributed by atoms with Gasteiger partial charge in [0.2, 0.25) is 0 Å². The number of carbonyl (C=O) groups is 1. The smallest absolute Gasteiger partial charge is 0.257 e. The molecule has 0 N–H and O–H groups in total. The molecule has 0 aromatic heterocycles. The molecule has 0 radical (unpaired) electrons. The van der Waals surface area contributed by atoms with E-state index in [1.54, 1.807) is 4.90 Å². The molecule has 0 spiro atoms. The molecule has 0 saturated carbocycles. The highest BCUT2D eigenvalue weighted by atomic mass is 19.2. The van der Waals surface area contributed by atoms with Gasteiger partial charge in [-0.25, -0.2) is 8.78 Å². The number of likely N-dealkylation sites (tertiary alicyclic amines) is 1. The van der Waals surface area contributed by atoms with E-state index >= 15 is 0 Å². The summed E-state index contributed by atoms with van der Waals surface area (Å²) in [5, 5.41) is 0. The first-order chi connectivity index (χ1) is 8.11. The standard InChI is InChI=1S/C13H15F2NO/c1-9-5-2-3-8-16(9)13(17)10-6-4-7-11(14)12(10)15/h4,6-7,9H,2-3,5,8H2,1H3/t9-/m1/s1. The van der Waals surface area contributed by atoms with Crippen molar-refractivity contribution >= 4 is 5.91 Å². The van der Waals surface area contributed by atoms with Gasteiger partial charge in [-0.1, -0.05) is 6.07 Å². The normalized spacial score (nSPS) is 20.4. The van der Waals surface area contributed by atoms with Gasteiger partial charge in [-0.3, -0.25) is 4.79 Å². The molecule has 2 rings (SSSR count). The third kappa shape index (κ3) is 2.30. The number of piperidine rings is 1. The first-order valence-electron chi connectivity index (χ1n) is 5.86. The van der Waals surface area contributed by atoms with E-state index < -0.39 is 17.5 Å². The Balaban J connectivity index is 2.27. The van der Waals surface area contributed by atoms with Crippen LogP contribution in [0.1, 0.15) is 36.5 Å². The summed E-state index contributed by atoms with van der Waals surface area (Å²) in [6.45, 7) is 2.56. The predicted molar refractivity (Wildman–Crippen MR) is 60.7 cm³/mol. The Morgan fingerprint density at radius 1 is 1.35 bits per heavy atom. The fraction of sp³-hybridized carbons (Fsp3) is 0.462. The van der Waals surface area contributed by atoms with Gasteiger partial charge in [0.05, 0.1) is 5.56 Å². The predicted octanol–water partition coefficient (Wildman–Crippen LogP) is 2.98. The van der Waals surface area contributed by atoms with Gasteiger partial charge in [-0.15, -0.1) is 0 Å². The van der Waals surface area contributed by atoms with Gasteiger partial charge < -0.3 is 4.90 Å². The molecule has 2 nitrogen and oxygen atoms in total. The lowest BCUT2D eigenvalue weighted by Crippen LogP contribution is -2.42. The van der Waals surface area contributed by atoms with Gasteiger partial charge in [0.25, 0.3) is 5.91 Å². The van der Waals surface area contributed by atoms with Gasteiger partial charge in [-0.2, -0.15) is 0 Å². The van der Waals surface area contributed by atoms with E-state index in [2.05, 4.69) is 0 Å². The molecule has 1 atom stereocenters. The number of rotatable bonds is 1. The van der Waals surface area contributed by atoms with E-state index in [0.29, 0.717) is 6.54 Å². The Kier molecular flexibility index (Phi) is 3.41. The Bertz CT molecular complexity index is 433. The summed E-state index contributed by atoms with van der Waals surface area (Å²) in [6, 6.07) is 3.81. The summed E-state index contributed by atoms with van der Waals surface area (Å²) in [4.78, 5) is 13.7. The third-order valence-electron chi connectivity index (χ3n) is 3.25. The van der Waals surface area contributed by atoms with Crippen LogP contribution in [0, 0.1) is 11.6 Å². The molecule has 1 aliphatic rings. The number of amides is 1. The van der Waals surface area contributed by atoms with E-state index in [9.17, 15) is 13.6 Å². The van der Waals surface area contributed by atoms with E-state index in [0.717, 1.165) is 25.3 Å². The fourth-order valence-corrected chi connectivity index (χ4v) is 2.22. The third-order valence-corrected chi connectivity index (χ3v) is 3.25. The molecule has 1 amide bonds. The van der Waals surface area contributed by atoms with Crippen LogP contribution in [-0.2, 0) is 0 Å². The molecular formula is C13H15F2NO. The zero-order valence-electron chi connectivity index (χ0n) is 9.75. The van der Waals surface area contributed by atoms with Crippen LogP contribution in [0.2, 0.25) is 0 Å². The van der Waals surface area contributed by atoms with Crippen LogP contribution in [0.5, 0.6) is 0 Å². The lowest BCUT2D eigenvalue weighted by Gasteiger charge is -2.33. The van der Waals surface area contributed by atoms with Crippen molar-refractivity contribution in [3.05, 3.63) is 35.4 Å². The van der Waals surface area contributed by atoms with Crippen molar-refractivity contribution < 1.29 is 13.6 Å². The molecule has 1 fully saturated rings. The molecule has 1 aromatic rings. The second kappa shape index (κ2) is 4.82. The Morgan fingerprint density at radius 2 is 2.12 bits per heavy atom. The Morgan fingerprint density at radius 3 is 2.82 bits per heavy atom. The van der Waals surface area contributed by atoms with Crippen LogP contribution >= 0.6 is 0 Å². The van der Waals surface area contributed by atoms with Crippen molar-refractivity contribution in [1.29, 1.82) is 0 Å². The van der Waals surface area contributed by atoms with Gasteiger partial charge in [-0.05, 0) is 38.3 Å². The average Bonchev–Trinajstić information content (AvgIpc) is 2.32. The maximum Gasteiger partial charge on any atom is 0.257 e. The topological polar surface area (TPSA) is 20.3 Å². The minimum atomic E-state index is -1.05. The molecule has 4 heteroatoms. The highest BCUT2D eigenvalue weighted by molar-refractivity contribution is 5.94. The Labute approximate surface area is 99.2 Å². The zero-order chi connectivity index (χ0) is 12.4. The largest absolute Gasteiger partial charge is 0.336 e. The molecule has 0 bridgehead atoms. The van der Waals surface area contributed by atoms with Gasteiger partial charge >= 0.3 is 0 Å². The van der Waals surface area contributed by atoms with E-state index in [-0.39, 0.29) is 11.6 Å². The minimum absolute atomic E-state index is 0.0962. The van der Waals surface area contributed by atoms with Crippen molar-refractivity contribution in [2.75, 3.05) is 6.54 Å². The lowest BCUT2D eigenvalue weighted by atomic mass is 10.0.